The summed E-state index contributed by atoms with van der Waals surface area (Å²) in [6.45, 7) is 8.27. The van der Waals surface area contributed by atoms with Crippen LogP contribution in [0.25, 0.3) is 0 Å². The number of rotatable bonds is 7. The Morgan fingerprint density at radius 1 is 1.16 bits per heavy atom. The Balaban J connectivity index is 2.79. The van der Waals surface area contributed by atoms with Crippen LogP contribution in [0.4, 0.5) is 0 Å². The third-order valence-electron chi connectivity index (χ3n) is 2.93. The maximum atomic E-state index is 12.0. The Morgan fingerprint density at radius 2 is 1.74 bits per heavy atom. The van der Waals surface area contributed by atoms with Crippen LogP contribution in [0.1, 0.15) is 44.9 Å². The van der Waals surface area contributed by atoms with E-state index in [0.29, 0.717) is 18.1 Å². The molecule has 1 aromatic carbocycles. The van der Waals surface area contributed by atoms with Crippen LogP contribution in [-0.4, -0.2) is 16.6 Å². The molecule has 0 aliphatic carbocycles. The van der Waals surface area contributed by atoms with Crippen LogP contribution in [0.15, 0.2) is 24.3 Å². The molecule has 19 heavy (non-hydrogen) atoms. The summed E-state index contributed by atoms with van der Waals surface area (Å²) in [5, 5.41) is 9.55. The second-order valence-electron chi connectivity index (χ2n) is 5.63. The van der Waals surface area contributed by atoms with E-state index in [2.05, 4.69) is 13.8 Å². The van der Waals surface area contributed by atoms with Gasteiger partial charge in [-0.25, -0.2) is 0 Å². The topological polar surface area (TPSA) is 37.3 Å². The molecule has 3 heteroatoms. The van der Waals surface area contributed by atoms with Crippen LogP contribution in [0, 0.1) is 11.8 Å². The first-order valence-electron chi connectivity index (χ1n) is 6.83. The maximum absolute atomic E-state index is 12.0. The van der Waals surface area contributed by atoms with Gasteiger partial charge in [0, 0.05) is 17.6 Å². The van der Waals surface area contributed by atoms with E-state index >= 15 is 0 Å². The van der Waals surface area contributed by atoms with Crippen molar-refractivity contribution in [2.75, 3.05) is 5.75 Å². The lowest BCUT2D eigenvalue weighted by molar-refractivity contribution is -0.121. The fraction of sp³-hybridized carbons (Fsp3) is 0.562. The average Bonchev–Trinajstić information content (AvgIpc) is 2.35. The van der Waals surface area contributed by atoms with Crippen molar-refractivity contribution in [3.05, 3.63) is 29.8 Å². The molecule has 0 saturated carbocycles. The molecule has 0 fully saturated rings. The van der Waals surface area contributed by atoms with Gasteiger partial charge in [-0.3, -0.25) is 4.79 Å². The van der Waals surface area contributed by atoms with E-state index in [1.54, 1.807) is 12.1 Å². The molecule has 106 valence electrons. The third-order valence-corrected chi connectivity index (χ3v) is 4.63. The lowest BCUT2D eigenvalue weighted by Gasteiger charge is -2.18. The second kappa shape index (κ2) is 7.59. The van der Waals surface area contributed by atoms with Crippen LogP contribution < -0.4 is 0 Å². The van der Waals surface area contributed by atoms with Crippen molar-refractivity contribution >= 4 is 17.5 Å². The lowest BCUT2D eigenvalue weighted by Crippen LogP contribution is -2.11. The number of carbonyl (C=O) groups is 1. The molecule has 0 aromatic heterocycles. The molecular formula is C16H24O2S. The van der Waals surface area contributed by atoms with Gasteiger partial charge in [0.05, 0.1) is 0 Å². The van der Waals surface area contributed by atoms with E-state index in [4.69, 9.17) is 0 Å². The van der Waals surface area contributed by atoms with Gasteiger partial charge in [-0.05, 0) is 29.4 Å². The lowest BCUT2D eigenvalue weighted by atomic mass is 10.0. The van der Waals surface area contributed by atoms with Crippen molar-refractivity contribution in [1.82, 2.24) is 0 Å². The molecule has 0 spiro atoms. The molecule has 1 N–H and O–H groups in total. The fourth-order valence-corrected chi connectivity index (χ4v) is 2.94. The standard InChI is InChI=1S/C16H24O2S/c1-11(2)10-19-16(9-15(18)12(3)4)13-5-7-14(17)8-6-13/h5-8,11-12,16-17H,9-10H2,1-4H3. The summed E-state index contributed by atoms with van der Waals surface area (Å²) in [6, 6.07) is 7.22. The van der Waals surface area contributed by atoms with Gasteiger partial charge in [0.15, 0.2) is 0 Å². The highest BCUT2D eigenvalue weighted by molar-refractivity contribution is 7.99. The average molecular weight is 280 g/mol. The molecular weight excluding hydrogens is 256 g/mol. The predicted molar refractivity (Wildman–Crippen MR) is 82.6 cm³/mol. The van der Waals surface area contributed by atoms with E-state index in [-0.39, 0.29) is 16.9 Å². The third kappa shape index (κ3) is 5.68. The van der Waals surface area contributed by atoms with Crippen molar-refractivity contribution in [2.45, 2.75) is 39.4 Å². The summed E-state index contributed by atoms with van der Waals surface area (Å²) in [5.74, 6) is 2.30. The molecule has 1 aromatic rings. The number of hydrogen-bond acceptors (Lipinski definition) is 3. The van der Waals surface area contributed by atoms with Gasteiger partial charge in [0.25, 0.3) is 0 Å². The zero-order chi connectivity index (χ0) is 14.4. The molecule has 2 nitrogen and oxygen atoms in total. The van der Waals surface area contributed by atoms with Gasteiger partial charge in [0.2, 0.25) is 0 Å². The van der Waals surface area contributed by atoms with Crippen molar-refractivity contribution in [1.29, 1.82) is 0 Å². The maximum Gasteiger partial charge on any atom is 0.136 e. The Labute approximate surface area is 120 Å². The summed E-state index contributed by atoms with van der Waals surface area (Å²) in [6.07, 6.45) is 0.569. The minimum Gasteiger partial charge on any atom is -0.508 e. The van der Waals surface area contributed by atoms with Crippen molar-refractivity contribution < 1.29 is 9.90 Å². The van der Waals surface area contributed by atoms with E-state index in [1.807, 2.05) is 37.7 Å². The Morgan fingerprint density at radius 3 is 2.21 bits per heavy atom. The van der Waals surface area contributed by atoms with Gasteiger partial charge in [-0.2, -0.15) is 11.8 Å². The van der Waals surface area contributed by atoms with E-state index < -0.39 is 0 Å². The minimum absolute atomic E-state index is 0.0827. The Hall–Kier alpha value is -0.960. The molecule has 1 rings (SSSR count). The number of phenolic OH excluding ortho intramolecular Hbond substituents is 1. The molecule has 0 aliphatic rings. The number of carbonyl (C=O) groups excluding carboxylic acids is 1. The summed E-state index contributed by atoms with van der Waals surface area (Å²) < 4.78 is 0. The summed E-state index contributed by atoms with van der Waals surface area (Å²) in [5.41, 5.74) is 1.12. The predicted octanol–water partition coefficient (Wildman–Crippen LogP) is 4.44. The monoisotopic (exact) mass is 280 g/mol. The highest BCUT2D eigenvalue weighted by Gasteiger charge is 2.19. The minimum atomic E-state index is 0.0827. The van der Waals surface area contributed by atoms with Gasteiger partial charge in [-0.15, -0.1) is 0 Å². The molecule has 0 bridgehead atoms. The summed E-state index contributed by atoms with van der Waals surface area (Å²) in [7, 11) is 0. The molecule has 0 aliphatic heterocycles. The molecule has 0 saturated heterocycles. The number of phenols is 1. The highest BCUT2D eigenvalue weighted by atomic mass is 32.2. The summed E-state index contributed by atoms with van der Waals surface area (Å²) in [4.78, 5) is 12.0. The molecule has 1 atom stereocenters. The highest BCUT2D eigenvalue weighted by Crippen LogP contribution is 2.35. The van der Waals surface area contributed by atoms with Crippen LogP contribution in [0.2, 0.25) is 0 Å². The van der Waals surface area contributed by atoms with Gasteiger partial charge >= 0.3 is 0 Å². The Bertz CT molecular complexity index is 396. The quantitative estimate of drug-likeness (QED) is 0.802. The van der Waals surface area contributed by atoms with Crippen molar-refractivity contribution in [2.24, 2.45) is 11.8 Å². The molecule has 0 heterocycles. The van der Waals surface area contributed by atoms with Crippen LogP contribution >= 0.6 is 11.8 Å². The van der Waals surface area contributed by atoms with Crippen molar-refractivity contribution in [3.8, 4) is 5.75 Å². The smallest absolute Gasteiger partial charge is 0.136 e. The van der Waals surface area contributed by atoms with Gasteiger partial charge < -0.3 is 5.11 Å². The van der Waals surface area contributed by atoms with Crippen LogP contribution in [0.5, 0.6) is 5.75 Å². The number of Topliss-reactive ketones (excluding diaryl/α,β-unsaturated/α-hetero) is 1. The van der Waals surface area contributed by atoms with Crippen LogP contribution in [0.3, 0.4) is 0 Å². The largest absolute Gasteiger partial charge is 0.508 e. The first-order valence-corrected chi connectivity index (χ1v) is 7.88. The van der Waals surface area contributed by atoms with E-state index in [9.17, 15) is 9.90 Å². The summed E-state index contributed by atoms with van der Waals surface area (Å²) >= 11 is 1.83. The number of hydrogen-bond donors (Lipinski definition) is 1. The molecule has 0 radical (unpaired) electrons. The second-order valence-corrected chi connectivity index (χ2v) is 6.87. The zero-order valence-corrected chi connectivity index (χ0v) is 13.0. The zero-order valence-electron chi connectivity index (χ0n) is 12.2. The van der Waals surface area contributed by atoms with E-state index in [0.717, 1.165) is 11.3 Å². The van der Waals surface area contributed by atoms with Gasteiger partial charge in [-0.1, -0.05) is 39.8 Å². The molecule has 0 amide bonds. The number of ketones is 1. The van der Waals surface area contributed by atoms with Crippen LogP contribution in [-0.2, 0) is 4.79 Å². The first-order chi connectivity index (χ1) is 8.90. The number of benzene rings is 1. The van der Waals surface area contributed by atoms with Crippen molar-refractivity contribution in [3.63, 3.8) is 0 Å². The Kier molecular flexibility index (Phi) is 6.43. The van der Waals surface area contributed by atoms with E-state index in [1.165, 1.54) is 0 Å². The first kappa shape index (κ1) is 16.1. The van der Waals surface area contributed by atoms with Gasteiger partial charge in [0.1, 0.15) is 11.5 Å². The molecule has 1 unspecified atom stereocenters. The number of thioether (sulfide) groups is 1. The SMILES string of the molecule is CC(C)CSC(CC(=O)C(C)C)c1ccc(O)cc1. The normalized spacial score (nSPS) is 12.9. The number of aromatic hydroxyl groups is 1. The fourth-order valence-electron chi connectivity index (χ4n) is 1.69.